The van der Waals surface area contributed by atoms with Gasteiger partial charge in [-0.05, 0) is 31.2 Å². The van der Waals surface area contributed by atoms with Gasteiger partial charge in [-0.25, -0.2) is 15.8 Å². The van der Waals surface area contributed by atoms with Gasteiger partial charge < -0.3 is 10.7 Å². The molecule has 0 atom stereocenters. The van der Waals surface area contributed by atoms with E-state index in [9.17, 15) is 0 Å². The summed E-state index contributed by atoms with van der Waals surface area (Å²) in [6.07, 6.45) is 1.83. The smallest absolute Gasteiger partial charge is 0.240 e. The normalized spacial score (nSPS) is 10.7. The molecule has 3 aromatic rings. The Bertz CT molecular complexity index is 804. The van der Waals surface area contributed by atoms with Crippen molar-refractivity contribution in [2.24, 2.45) is 5.84 Å². The Labute approximate surface area is 129 Å². The number of benzene rings is 2. The van der Waals surface area contributed by atoms with Crippen molar-refractivity contribution in [2.45, 2.75) is 6.92 Å². The van der Waals surface area contributed by atoms with Gasteiger partial charge in [0.2, 0.25) is 6.33 Å². The maximum Gasteiger partial charge on any atom is 0.240 e. The number of aryl methyl sites for hydroxylation is 1. The van der Waals surface area contributed by atoms with Crippen molar-refractivity contribution in [3.63, 3.8) is 0 Å². The molecule has 112 valence electrons. The van der Waals surface area contributed by atoms with Crippen molar-refractivity contribution in [2.75, 3.05) is 17.8 Å². The van der Waals surface area contributed by atoms with Crippen LogP contribution >= 0.6 is 0 Å². The molecule has 0 amide bonds. The van der Waals surface area contributed by atoms with Gasteiger partial charge in [-0.2, -0.15) is 0 Å². The van der Waals surface area contributed by atoms with E-state index in [4.69, 9.17) is 11.6 Å². The molecule has 0 saturated heterocycles. The van der Waals surface area contributed by atoms with Crippen LogP contribution in [0.15, 0.2) is 48.8 Å². The van der Waals surface area contributed by atoms with Crippen molar-refractivity contribution >= 4 is 11.4 Å². The highest BCUT2D eigenvalue weighted by Gasteiger charge is 2.17. The van der Waals surface area contributed by atoms with E-state index < -0.39 is 0 Å². The molecule has 1 heterocycles. The Kier molecular flexibility index (Phi) is 3.56. The number of anilines is 2. The van der Waals surface area contributed by atoms with E-state index in [2.05, 4.69) is 41.2 Å². The minimum Gasteiger partial charge on any atom is -0.397 e. The van der Waals surface area contributed by atoms with Gasteiger partial charge in [0.15, 0.2) is 11.4 Å². The summed E-state index contributed by atoms with van der Waals surface area (Å²) in [4.78, 5) is 6.55. The molecule has 0 fully saturated rings. The molecular weight excluding hydrogens is 274 g/mol. The van der Waals surface area contributed by atoms with Crippen LogP contribution in [0, 0.1) is 6.92 Å². The Morgan fingerprint density at radius 3 is 2.64 bits per heavy atom. The van der Waals surface area contributed by atoms with E-state index in [1.165, 1.54) is 10.6 Å². The molecule has 6 N–H and O–H groups in total. The third-order valence-corrected chi connectivity index (χ3v) is 3.69. The highest BCUT2D eigenvalue weighted by molar-refractivity contribution is 5.81. The molecule has 3 rings (SSSR count). The van der Waals surface area contributed by atoms with Gasteiger partial charge in [-0.1, -0.05) is 23.8 Å². The fraction of sp³-hybridized carbons (Fsp3) is 0.118. The molecule has 0 radical (unpaired) electrons. The summed E-state index contributed by atoms with van der Waals surface area (Å²) in [6.45, 7) is 2.08. The lowest BCUT2D eigenvalue weighted by Crippen LogP contribution is -2.26. The minimum absolute atomic E-state index is 0.654. The van der Waals surface area contributed by atoms with Crippen LogP contribution in [0.2, 0.25) is 0 Å². The predicted octanol–water partition coefficient (Wildman–Crippen LogP) is 2.36. The first kappa shape index (κ1) is 14.2. The number of H-pyrrole nitrogens is 2. The summed E-state index contributed by atoms with van der Waals surface area (Å²) in [7, 11) is 1.78. The number of imidazole rings is 1. The number of hydrogen-bond acceptors (Lipinski definition) is 3. The first-order valence-electron chi connectivity index (χ1n) is 7.10. The first-order chi connectivity index (χ1) is 10.6. The van der Waals surface area contributed by atoms with Crippen LogP contribution in [0.3, 0.4) is 0 Å². The van der Waals surface area contributed by atoms with E-state index in [0.29, 0.717) is 5.69 Å². The molecular formula is C17H20N5+. The standard InChI is InChI=1S/C17H19N5/c1-11-4-3-5-12(8-11)16-17(21-10-20-16)13-6-7-14(18)15(9-13)22(2)19/h3-10H,18-19H2,1-2H3,(H,20,21)/p+1. The number of hydrogen-bond donors (Lipinski definition) is 3. The van der Waals surface area contributed by atoms with Gasteiger partial charge in [0.1, 0.15) is 0 Å². The molecule has 5 heteroatoms. The minimum atomic E-state index is 0.654. The molecule has 0 aliphatic heterocycles. The van der Waals surface area contributed by atoms with Crippen LogP contribution < -0.4 is 21.6 Å². The molecule has 5 nitrogen and oxygen atoms in total. The molecule has 0 bridgehead atoms. The Balaban J connectivity index is 2.11. The van der Waals surface area contributed by atoms with Crippen molar-refractivity contribution in [3.8, 4) is 22.5 Å². The first-order valence-corrected chi connectivity index (χ1v) is 7.10. The zero-order valence-electron chi connectivity index (χ0n) is 12.7. The van der Waals surface area contributed by atoms with E-state index in [-0.39, 0.29) is 0 Å². The second-order valence-corrected chi connectivity index (χ2v) is 5.44. The van der Waals surface area contributed by atoms with Gasteiger partial charge in [0.25, 0.3) is 0 Å². The molecule has 0 saturated carbocycles. The fourth-order valence-electron chi connectivity index (χ4n) is 2.59. The maximum absolute atomic E-state index is 5.97. The molecule has 0 aliphatic rings. The van der Waals surface area contributed by atoms with E-state index >= 15 is 0 Å². The molecule has 0 spiro atoms. The third-order valence-electron chi connectivity index (χ3n) is 3.69. The van der Waals surface area contributed by atoms with Gasteiger partial charge in [0, 0.05) is 18.2 Å². The Hall–Kier alpha value is -2.79. The van der Waals surface area contributed by atoms with Crippen molar-refractivity contribution in [3.05, 3.63) is 54.4 Å². The number of rotatable bonds is 3. The monoisotopic (exact) mass is 294 g/mol. The molecule has 2 aromatic carbocycles. The second-order valence-electron chi connectivity index (χ2n) is 5.44. The zero-order chi connectivity index (χ0) is 15.7. The Morgan fingerprint density at radius 1 is 1.09 bits per heavy atom. The molecule has 0 unspecified atom stereocenters. The van der Waals surface area contributed by atoms with Crippen LogP contribution in [0.1, 0.15) is 5.56 Å². The summed E-state index contributed by atoms with van der Waals surface area (Å²) in [5.74, 6) is 5.84. The predicted molar refractivity (Wildman–Crippen MR) is 90.0 cm³/mol. The highest BCUT2D eigenvalue weighted by atomic mass is 15.4. The van der Waals surface area contributed by atoms with E-state index in [0.717, 1.165) is 28.2 Å². The highest BCUT2D eigenvalue weighted by Crippen LogP contribution is 2.31. The summed E-state index contributed by atoms with van der Waals surface area (Å²) in [6, 6.07) is 14.2. The summed E-state index contributed by atoms with van der Waals surface area (Å²) in [5, 5.41) is 1.53. The van der Waals surface area contributed by atoms with Gasteiger partial charge >= 0.3 is 0 Å². The van der Waals surface area contributed by atoms with Crippen LogP contribution in [0.25, 0.3) is 22.5 Å². The van der Waals surface area contributed by atoms with Gasteiger partial charge in [0.05, 0.1) is 11.4 Å². The van der Waals surface area contributed by atoms with E-state index in [1.807, 2.05) is 24.5 Å². The topological polar surface area (TPSA) is 85.2 Å². The lowest BCUT2D eigenvalue weighted by atomic mass is 10.0. The average molecular weight is 294 g/mol. The van der Waals surface area contributed by atoms with Gasteiger partial charge in [-0.15, -0.1) is 0 Å². The second kappa shape index (κ2) is 5.54. The lowest BCUT2D eigenvalue weighted by molar-refractivity contribution is -0.362. The fourth-order valence-corrected chi connectivity index (χ4v) is 2.59. The average Bonchev–Trinajstić information content (AvgIpc) is 2.97. The number of hydrazine groups is 1. The maximum atomic E-state index is 5.97. The van der Waals surface area contributed by atoms with Crippen LogP contribution in [0.4, 0.5) is 11.4 Å². The summed E-state index contributed by atoms with van der Waals surface area (Å²) < 4.78 is 0. The number of nitrogen functional groups attached to an aromatic ring is 1. The molecule has 22 heavy (non-hydrogen) atoms. The molecule has 0 aliphatic carbocycles. The number of nitrogens with two attached hydrogens (primary N) is 2. The summed E-state index contributed by atoms with van der Waals surface area (Å²) in [5.41, 5.74) is 12.9. The van der Waals surface area contributed by atoms with Crippen LogP contribution in [-0.4, -0.2) is 12.0 Å². The quantitative estimate of drug-likeness (QED) is 0.394. The molecule has 1 aromatic heterocycles. The number of aromatic nitrogens is 2. The van der Waals surface area contributed by atoms with E-state index in [1.54, 1.807) is 7.05 Å². The van der Waals surface area contributed by atoms with Crippen LogP contribution in [-0.2, 0) is 0 Å². The van der Waals surface area contributed by atoms with Crippen molar-refractivity contribution in [1.29, 1.82) is 0 Å². The van der Waals surface area contributed by atoms with Crippen LogP contribution in [0.5, 0.6) is 0 Å². The van der Waals surface area contributed by atoms with Gasteiger partial charge in [-0.3, -0.25) is 0 Å². The third kappa shape index (κ3) is 2.54. The Morgan fingerprint density at radius 2 is 1.91 bits per heavy atom. The SMILES string of the molecule is Cc1cccc(-c2[nH+]c[nH]c2-c2ccc(N)c(N(C)N)c2)c1. The van der Waals surface area contributed by atoms with Crippen molar-refractivity contribution < 1.29 is 4.98 Å². The summed E-state index contributed by atoms with van der Waals surface area (Å²) >= 11 is 0. The largest absolute Gasteiger partial charge is 0.397 e. The lowest BCUT2D eigenvalue weighted by Gasteiger charge is -2.15. The van der Waals surface area contributed by atoms with Crippen molar-refractivity contribution in [1.82, 2.24) is 4.98 Å². The number of aromatic amines is 2. The number of nitrogens with one attached hydrogen (secondary N) is 2. The number of nitrogens with zero attached hydrogens (tertiary/aromatic N) is 1. The zero-order valence-corrected chi connectivity index (χ0v) is 12.7.